The Bertz CT molecular complexity index is 389. The van der Waals surface area contributed by atoms with Crippen LogP contribution in [0.2, 0.25) is 0 Å². The Labute approximate surface area is 111 Å². The molecule has 1 atom stereocenters. The number of nitrogens with one attached hydrogen (secondary N) is 1. The molecule has 1 aromatic carbocycles. The number of rotatable bonds is 4. The van der Waals surface area contributed by atoms with Gasteiger partial charge in [-0.1, -0.05) is 6.07 Å². The Kier molecular flexibility index (Phi) is 4.07. The summed E-state index contributed by atoms with van der Waals surface area (Å²) in [5, 5.41) is 3.55. The van der Waals surface area contributed by atoms with Crippen LogP contribution in [0.4, 0.5) is 0 Å². The number of hydrogen-bond acceptors (Lipinski definition) is 3. The Hall–Kier alpha value is -0.580. The molecule has 0 aromatic heterocycles. The molecular formula is C13H18BrNO2. The first kappa shape index (κ1) is 12.9. The third kappa shape index (κ3) is 3.21. The van der Waals surface area contributed by atoms with Crippen molar-refractivity contribution in [1.82, 2.24) is 5.32 Å². The highest BCUT2D eigenvalue weighted by Gasteiger charge is 2.28. The van der Waals surface area contributed by atoms with Crippen LogP contribution in [0.5, 0.6) is 5.75 Å². The van der Waals surface area contributed by atoms with E-state index in [0.29, 0.717) is 0 Å². The highest BCUT2D eigenvalue weighted by molar-refractivity contribution is 9.10. The molecular weight excluding hydrogens is 282 g/mol. The molecule has 1 aromatic rings. The summed E-state index contributed by atoms with van der Waals surface area (Å²) in [4.78, 5) is 0. The van der Waals surface area contributed by atoms with Gasteiger partial charge in [-0.15, -0.1) is 0 Å². The molecule has 1 heterocycles. The van der Waals surface area contributed by atoms with E-state index < -0.39 is 0 Å². The molecule has 0 amide bonds. The van der Waals surface area contributed by atoms with E-state index in [4.69, 9.17) is 9.47 Å². The van der Waals surface area contributed by atoms with Gasteiger partial charge in [0.15, 0.2) is 0 Å². The molecule has 0 saturated carbocycles. The lowest BCUT2D eigenvalue weighted by molar-refractivity contribution is 0.171. The predicted octanol–water partition coefficient (Wildman–Crippen LogP) is 2.73. The standard InChI is InChI=1S/C13H18BrNO2/c1-13(5-6-17-9-13)15-8-10-3-4-12(16-2)11(14)7-10/h3-4,7,15H,5-6,8-9H2,1-2H3. The maximum absolute atomic E-state index is 5.42. The normalized spacial score (nSPS) is 23.9. The molecule has 1 aliphatic heterocycles. The van der Waals surface area contributed by atoms with Crippen molar-refractivity contribution >= 4 is 15.9 Å². The average molecular weight is 300 g/mol. The maximum Gasteiger partial charge on any atom is 0.133 e. The zero-order chi connectivity index (χ0) is 12.3. The first-order chi connectivity index (χ1) is 8.13. The minimum absolute atomic E-state index is 0.117. The van der Waals surface area contributed by atoms with Gasteiger partial charge >= 0.3 is 0 Å². The SMILES string of the molecule is COc1ccc(CNC2(C)CCOC2)cc1Br. The molecule has 1 aliphatic rings. The van der Waals surface area contributed by atoms with Crippen molar-refractivity contribution in [2.45, 2.75) is 25.4 Å². The Balaban J connectivity index is 1.97. The van der Waals surface area contributed by atoms with Crippen molar-refractivity contribution in [3.8, 4) is 5.75 Å². The summed E-state index contributed by atoms with van der Waals surface area (Å²) in [6, 6.07) is 6.15. The summed E-state index contributed by atoms with van der Waals surface area (Å²) in [6.45, 7) is 4.71. The van der Waals surface area contributed by atoms with Crippen LogP contribution in [0.15, 0.2) is 22.7 Å². The first-order valence-corrected chi connectivity index (χ1v) is 6.57. The lowest BCUT2D eigenvalue weighted by Gasteiger charge is -2.23. The number of ether oxygens (including phenoxy) is 2. The van der Waals surface area contributed by atoms with E-state index in [1.54, 1.807) is 7.11 Å². The van der Waals surface area contributed by atoms with Gasteiger partial charge in [-0.25, -0.2) is 0 Å². The van der Waals surface area contributed by atoms with Crippen LogP contribution >= 0.6 is 15.9 Å². The molecule has 94 valence electrons. The van der Waals surface area contributed by atoms with Gasteiger partial charge in [-0.3, -0.25) is 0 Å². The van der Waals surface area contributed by atoms with Crippen molar-refractivity contribution in [3.63, 3.8) is 0 Å². The second kappa shape index (κ2) is 5.38. The van der Waals surface area contributed by atoms with Crippen LogP contribution in [0, 0.1) is 0 Å². The summed E-state index contributed by atoms with van der Waals surface area (Å²) in [5.41, 5.74) is 1.36. The lowest BCUT2D eigenvalue weighted by Crippen LogP contribution is -2.42. The Morgan fingerprint density at radius 2 is 2.35 bits per heavy atom. The van der Waals surface area contributed by atoms with E-state index in [1.807, 2.05) is 6.07 Å². The molecule has 0 radical (unpaired) electrons. The van der Waals surface area contributed by atoms with Gasteiger partial charge in [0.25, 0.3) is 0 Å². The first-order valence-electron chi connectivity index (χ1n) is 5.78. The van der Waals surface area contributed by atoms with E-state index in [0.717, 1.165) is 36.4 Å². The Morgan fingerprint density at radius 3 is 2.94 bits per heavy atom. The second-order valence-corrected chi connectivity index (χ2v) is 5.54. The quantitative estimate of drug-likeness (QED) is 0.927. The molecule has 1 N–H and O–H groups in total. The third-order valence-electron chi connectivity index (χ3n) is 3.15. The summed E-state index contributed by atoms with van der Waals surface area (Å²) in [6.07, 6.45) is 1.07. The number of benzene rings is 1. The van der Waals surface area contributed by atoms with Gasteiger partial charge < -0.3 is 14.8 Å². The van der Waals surface area contributed by atoms with E-state index in [9.17, 15) is 0 Å². The highest BCUT2D eigenvalue weighted by atomic mass is 79.9. The van der Waals surface area contributed by atoms with Gasteiger partial charge in [-0.2, -0.15) is 0 Å². The van der Waals surface area contributed by atoms with Crippen molar-refractivity contribution < 1.29 is 9.47 Å². The van der Waals surface area contributed by atoms with Crippen LogP contribution in [0.3, 0.4) is 0 Å². The fraction of sp³-hybridized carbons (Fsp3) is 0.538. The van der Waals surface area contributed by atoms with Gasteiger partial charge in [0, 0.05) is 18.7 Å². The summed E-state index contributed by atoms with van der Waals surface area (Å²) in [5.74, 6) is 0.865. The molecule has 1 fully saturated rings. The summed E-state index contributed by atoms with van der Waals surface area (Å²) >= 11 is 3.50. The van der Waals surface area contributed by atoms with E-state index in [2.05, 4.69) is 40.3 Å². The molecule has 1 unspecified atom stereocenters. The molecule has 3 nitrogen and oxygen atoms in total. The van der Waals surface area contributed by atoms with Gasteiger partial charge in [0.1, 0.15) is 5.75 Å². The zero-order valence-electron chi connectivity index (χ0n) is 10.3. The van der Waals surface area contributed by atoms with Gasteiger partial charge in [0.05, 0.1) is 18.2 Å². The number of hydrogen-bond donors (Lipinski definition) is 1. The minimum atomic E-state index is 0.117. The molecule has 0 bridgehead atoms. The highest BCUT2D eigenvalue weighted by Crippen LogP contribution is 2.26. The summed E-state index contributed by atoms with van der Waals surface area (Å²) in [7, 11) is 1.68. The van der Waals surface area contributed by atoms with Crippen LogP contribution in [0.1, 0.15) is 18.9 Å². The van der Waals surface area contributed by atoms with Gasteiger partial charge in [-0.05, 0) is 47.0 Å². The van der Waals surface area contributed by atoms with Crippen LogP contribution < -0.4 is 10.1 Å². The molecule has 17 heavy (non-hydrogen) atoms. The smallest absolute Gasteiger partial charge is 0.133 e. The molecule has 1 saturated heterocycles. The van der Waals surface area contributed by atoms with E-state index >= 15 is 0 Å². The van der Waals surface area contributed by atoms with Crippen LogP contribution in [-0.4, -0.2) is 25.9 Å². The van der Waals surface area contributed by atoms with Crippen molar-refractivity contribution in [2.24, 2.45) is 0 Å². The predicted molar refractivity (Wildman–Crippen MR) is 71.4 cm³/mol. The monoisotopic (exact) mass is 299 g/mol. The number of halogens is 1. The lowest BCUT2D eigenvalue weighted by atomic mass is 10.0. The van der Waals surface area contributed by atoms with Crippen molar-refractivity contribution in [3.05, 3.63) is 28.2 Å². The molecule has 0 aliphatic carbocycles. The van der Waals surface area contributed by atoms with Crippen molar-refractivity contribution in [2.75, 3.05) is 20.3 Å². The third-order valence-corrected chi connectivity index (χ3v) is 3.77. The van der Waals surface area contributed by atoms with Gasteiger partial charge in [0.2, 0.25) is 0 Å². The summed E-state index contributed by atoms with van der Waals surface area (Å²) < 4.78 is 11.6. The van der Waals surface area contributed by atoms with E-state index in [-0.39, 0.29) is 5.54 Å². The fourth-order valence-corrected chi connectivity index (χ4v) is 2.53. The topological polar surface area (TPSA) is 30.5 Å². The maximum atomic E-state index is 5.42. The van der Waals surface area contributed by atoms with Crippen LogP contribution in [0.25, 0.3) is 0 Å². The largest absolute Gasteiger partial charge is 0.496 e. The average Bonchev–Trinajstić information content (AvgIpc) is 2.74. The second-order valence-electron chi connectivity index (χ2n) is 4.69. The van der Waals surface area contributed by atoms with Crippen LogP contribution in [-0.2, 0) is 11.3 Å². The molecule has 0 spiro atoms. The van der Waals surface area contributed by atoms with Crippen molar-refractivity contribution in [1.29, 1.82) is 0 Å². The molecule has 2 rings (SSSR count). The fourth-order valence-electron chi connectivity index (χ4n) is 1.94. The Morgan fingerprint density at radius 1 is 1.53 bits per heavy atom. The zero-order valence-corrected chi connectivity index (χ0v) is 11.8. The van der Waals surface area contributed by atoms with E-state index in [1.165, 1.54) is 5.56 Å². The number of methoxy groups -OCH3 is 1. The minimum Gasteiger partial charge on any atom is -0.496 e. The molecule has 4 heteroatoms.